The lowest BCUT2D eigenvalue weighted by Gasteiger charge is -2.19. The fourth-order valence-electron chi connectivity index (χ4n) is 1.51. The Kier molecular flexibility index (Phi) is 6.33. The molecule has 1 aromatic carbocycles. The van der Waals surface area contributed by atoms with Gasteiger partial charge in [0, 0.05) is 30.9 Å². The van der Waals surface area contributed by atoms with Crippen molar-refractivity contribution in [3.8, 4) is 6.07 Å². The van der Waals surface area contributed by atoms with Gasteiger partial charge in [0.2, 0.25) is 5.91 Å². The van der Waals surface area contributed by atoms with Gasteiger partial charge in [0.1, 0.15) is 0 Å². The van der Waals surface area contributed by atoms with Crippen LogP contribution in [0.15, 0.2) is 22.7 Å². The predicted molar refractivity (Wildman–Crippen MR) is 77.0 cm³/mol. The molecule has 0 spiro atoms. The molecule has 1 amide bonds. The van der Waals surface area contributed by atoms with E-state index in [1.807, 2.05) is 6.07 Å². The third-order valence-corrected chi connectivity index (χ3v) is 2.92. The van der Waals surface area contributed by atoms with Crippen LogP contribution in [0, 0.1) is 11.3 Å². The Hall–Kier alpha value is -1.58. The van der Waals surface area contributed by atoms with E-state index in [9.17, 15) is 4.79 Å². The van der Waals surface area contributed by atoms with E-state index in [-0.39, 0.29) is 12.5 Å². The van der Waals surface area contributed by atoms with Gasteiger partial charge < -0.3 is 15.0 Å². The largest absolute Gasteiger partial charge is 0.383 e. The summed E-state index contributed by atoms with van der Waals surface area (Å²) in [5.41, 5.74) is 1.36. The molecule has 0 aliphatic heterocycles. The number of carbonyl (C=O) groups excluding carboxylic acids is 1. The lowest BCUT2D eigenvalue weighted by Crippen LogP contribution is -2.36. The molecular formula is C13H16BrN3O2. The molecule has 0 aliphatic rings. The molecule has 1 aromatic rings. The quantitative estimate of drug-likeness (QED) is 0.805. The summed E-state index contributed by atoms with van der Waals surface area (Å²) in [7, 11) is 3.39. The third kappa shape index (κ3) is 5.28. The van der Waals surface area contributed by atoms with Gasteiger partial charge in [-0.25, -0.2) is 0 Å². The van der Waals surface area contributed by atoms with E-state index in [1.54, 1.807) is 31.2 Å². The molecule has 0 saturated heterocycles. The van der Waals surface area contributed by atoms with Gasteiger partial charge in [0.05, 0.1) is 24.8 Å². The van der Waals surface area contributed by atoms with Crippen LogP contribution in [-0.4, -0.2) is 39.8 Å². The fraction of sp³-hybridized carbons (Fsp3) is 0.385. The molecule has 0 aromatic heterocycles. The zero-order valence-corrected chi connectivity index (χ0v) is 12.5. The van der Waals surface area contributed by atoms with E-state index in [0.717, 1.165) is 10.2 Å². The van der Waals surface area contributed by atoms with Crippen molar-refractivity contribution in [2.75, 3.05) is 38.8 Å². The van der Waals surface area contributed by atoms with Crippen molar-refractivity contribution < 1.29 is 9.53 Å². The molecule has 102 valence electrons. The second-order valence-corrected chi connectivity index (χ2v) is 4.92. The third-order valence-electron chi connectivity index (χ3n) is 2.46. The van der Waals surface area contributed by atoms with Crippen molar-refractivity contribution in [2.45, 2.75) is 0 Å². The van der Waals surface area contributed by atoms with Crippen LogP contribution in [0.5, 0.6) is 0 Å². The Balaban J connectivity index is 2.63. The maximum Gasteiger partial charge on any atom is 0.239 e. The first-order valence-electron chi connectivity index (χ1n) is 5.74. The lowest BCUT2D eigenvalue weighted by molar-refractivity contribution is -0.119. The van der Waals surface area contributed by atoms with Crippen LogP contribution < -0.4 is 10.2 Å². The van der Waals surface area contributed by atoms with Crippen LogP contribution in [0.1, 0.15) is 5.56 Å². The molecule has 0 atom stereocenters. The first-order chi connectivity index (χ1) is 9.06. The lowest BCUT2D eigenvalue weighted by atomic mass is 10.2. The fourth-order valence-corrected chi connectivity index (χ4v) is 2.00. The Morgan fingerprint density at radius 2 is 2.26 bits per heavy atom. The second kappa shape index (κ2) is 7.77. The summed E-state index contributed by atoms with van der Waals surface area (Å²) in [6.07, 6.45) is 0. The Morgan fingerprint density at radius 3 is 2.89 bits per heavy atom. The molecule has 0 heterocycles. The van der Waals surface area contributed by atoms with Crippen molar-refractivity contribution in [3.63, 3.8) is 0 Å². The number of nitrogens with one attached hydrogen (secondary N) is 1. The van der Waals surface area contributed by atoms with Crippen LogP contribution >= 0.6 is 15.9 Å². The molecule has 0 radical (unpaired) electrons. The summed E-state index contributed by atoms with van der Waals surface area (Å²) in [5, 5.41) is 11.7. The standard InChI is InChI=1S/C13H16BrN3O2/c1-17(9-13(18)16-3-4-19-2)12-6-10(8-15)5-11(14)7-12/h5-7H,3-4,9H2,1-2H3,(H,16,18). The number of nitrogens with zero attached hydrogens (tertiary/aromatic N) is 2. The van der Waals surface area contributed by atoms with E-state index in [4.69, 9.17) is 10.00 Å². The molecular weight excluding hydrogens is 310 g/mol. The molecule has 1 N–H and O–H groups in total. The smallest absolute Gasteiger partial charge is 0.239 e. The van der Waals surface area contributed by atoms with Crippen LogP contribution in [-0.2, 0) is 9.53 Å². The molecule has 0 bridgehead atoms. The minimum absolute atomic E-state index is 0.0852. The number of halogens is 1. The van der Waals surface area contributed by atoms with E-state index in [2.05, 4.69) is 27.3 Å². The summed E-state index contributed by atoms with van der Waals surface area (Å²) in [6, 6.07) is 7.42. The molecule has 6 heteroatoms. The maximum atomic E-state index is 11.7. The molecule has 0 fully saturated rings. The minimum Gasteiger partial charge on any atom is -0.383 e. The van der Waals surface area contributed by atoms with Gasteiger partial charge >= 0.3 is 0 Å². The first-order valence-corrected chi connectivity index (χ1v) is 6.53. The summed E-state index contributed by atoms with van der Waals surface area (Å²) in [4.78, 5) is 13.4. The van der Waals surface area contributed by atoms with E-state index >= 15 is 0 Å². The number of hydrogen-bond donors (Lipinski definition) is 1. The highest BCUT2D eigenvalue weighted by molar-refractivity contribution is 9.10. The molecule has 1 rings (SSSR count). The molecule has 0 unspecified atom stereocenters. The summed E-state index contributed by atoms with van der Waals surface area (Å²) in [6.45, 7) is 1.21. The average Bonchev–Trinajstić information content (AvgIpc) is 2.38. The van der Waals surface area contributed by atoms with E-state index in [0.29, 0.717) is 18.7 Å². The van der Waals surface area contributed by atoms with Gasteiger partial charge in [-0.3, -0.25) is 4.79 Å². The zero-order chi connectivity index (χ0) is 14.3. The number of hydrogen-bond acceptors (Lipinski definition) is 4. The summed E-state index contributed by atoms with van der Waals surface area (Å²) in [5.74, 6) is -0.0852. The van der Waals surface area contributed by atoms with Crippen molar-refractivity contribution in [1.82, 2.24) is 5.32 Å². The number of nitriles is 1. The first kappa shape index (κ1) is 15.5. The minimum atomic E-state index is -0.0852. The van der Waals surface area contributed by atoms with Gasteiger partial charge in [-0.2, -0.15) is 5.26 Å². The van der Waals surface area contributed by atoms with Crippen LogP contribution in [0.25, 0.3) is 0 Å². The topological polar surface area (TPSA) is 65.4 Å². The summed E-state index contributed by atoms with van der Waals surface area (Å²) >= 11 is 3.34. The number of benzene rings is 1. The normalized spacial score (nSPS) is 9.79. The number of amides is 1. The second-order valence-electron chi connectivity index (χ2n) is 4.01. The number of methoxy groups -OCH3 is 1. The number of anilines is 1. The monoisotopic (exact) mass is 325 g/mol. The number of carbonyl (C=O) groups is 1. The van der Waals surface area contributed by atoms with E-state index < -0.39 is 0 Å². The number of ether oxygens (including phenoxy) is 1. The van der Waals surface area contributed by atoms with Crippen LogP contribution in [0.2, 0.25) is 0 Å². The van der Waals surface area contributed by atoms with Gasteiger partial charge in [0.15, 0.2) is 0 Å². The highest BCUT2D eigenvalue weighted by Gasteiger charge is 2.08. The highest BCUT2D eigenvalue weighted by atomic mass is 79.9. The van der Waals surface area contributed by atoms with Gasteiger partial charge in [0.25, 0.3) is 0 Å². The average molecular weight is 326 g/mol. The molecule has 0 saturated carbocycles. The molecule has 19 heavy (non-hydrogen) atoms. The Labute approximate surface area is 121 Å². The number of rotatable bonds is 6. The zero-order valence-electron chi connectivity index (χ0n) is 10.9. The van der Waals surface area contributed by atoms with Crippen molar-refractivity contribution in [3.05, 3.63) is 28.2 Å². The Bertz CT molecular complexity index is 485. The van der Waals surface area contributed by atoms with E-state index in [1.165, 1.54) is 0 Å². The van der Waals surface area contributed by atoms with Crippen molar-refractivity contribution >= 4 is 27.5 Å². The molecule has 0 aliphatic carbocycles. The van der Waals surface area contributed by atoms with Crippen LogP contribution in [0.3, 0.4) is 0 Å². The van der Waals surface area contributed by atoms with Gasteiger partial charge in [-0.1, -0.05) is 15.9 Å². The van der Waals surface area contributed by atoms with Gasteiger partial charge in [-0.05, 0) is 18.2 Å². The highest BCUT2D eigenvalue weighted by Crippen LogP contribution is 2.21. The Morgan fingerprint density at radius 1 is 1.53 bits per heavy atom. The van der Waals surface area contributed by atoms with Crippen LogP contribution in [0.4, 0.5) is 5.69 Å². The SMILES string of the molecule is COCCNC(=O)CN(C)c1cc(Br)cc(C#N)c1. The van der Waals surface area contributed by atoms with Crippen molar-refractivity contribution in [1.29, 1.82) is 5.26 Å². The predicted octanol–water partition coefficient (Wildman–Crippen LogP) is 1.52. The number of likely N-dealkylation sites (N-methyl/N-ethyl adjacent to an activating group) is 1. The summed E-state index contributed by atoms with van der Waals surface area (Å²) < 4.78 is 5.67. The molecule has 5 nitrogen and oxygen atoms in total. The maximum absolute atomic E-state index is 11.7. The van der Waals surface area contributed by atoms with Gasteiger partial charge in [-0.15, -0.1) is 0 Å². The van der Waals surface area contributed by atoms with Crippen molar-refractivity contribution in [2.24, 2.45) is 0 Å².